The van der Waals surface area contributed by atoms with Crippen LogP contribution in [0.1, 0.15) is 18.5 Å². The first-order chi connectivity index (χ1) is 9.15. The van der Waals surface area contributed by atoms with Crippen LogP contribution in [0.3, 0.4) is 0 Å². The van der Waals surface area contributed by atoms with Gasteiger partial charge in [-0.15, -0.1) is 0 Å². The average molecular weight is 298 g/mol. The van der Waals surface area contributed by atoms with Crippen LogP contribution in [-0.2, 0) is 6.42 Å². The van der Waals surface area contributed by atoms with Gasteiger partial charge in [-0.25, -0.2) is 4.99 Å². The van der Waals surface area contributed by atoms with E-state index in [9.17, 15) is 0 Å². The third kappa shape index (κ3) is 5.00. The van der Waals surface area contributed by atoms with Crippen molar-refractivity contribution < 1.29 is 0 Å². The fourth-order valence-corrected chi connectivity index (χ4v) is 1.91. The van der Waals surface area contributed by atoms with Crippen LogP contribution in [0.5, 0.6) is 0 Å². The number of nitrogens with one attached hydrogen (secondary N) is 2. The molecule has 19 heavy (non-hydrogen) atoms. The lowest BCUT2D eigenvalue weighted by molar-refractivity contribution is 0.836. The standard InChI is InChI=1S/C12H16ClN5S/c13-9-2-1-6-15-10(9)5-7-16-12(19)18-11(14)17-8-3-4-8/h1-2,6,8H,3-5,7H2,(H4,14,16,17,18,19). The molecular weight excluding hydrogens is 282 g/mol. The minimum Gasteiger partial charge on any atom is -0.370 e. The summed E-state index contributed by atoms with van der Waals surface area (Å²) in [7, 11) is 0. The van der Waals surface area contributed by atoms with Gasteiger partial charge in [0.2, 0.25) is 0 Å². The molecule has 0 amide bonds. The van der Waals surface area contributed by atoms with Gasteiger partial charge >= 0.3 is 0 Å². The zero-order valence-electron chi connectivity index (χ0n) is 10.4. The van der Waals surface area contributed by atoms with E-state index in [0.717, 1.165) is 18.5 Å². The highest BCUT2D eigenvalue weighted by molar-refractivity contribution is 7.80. The summed E-state index contributed by atoms with van der Waals surface area (Å²) in [5, 5.41) is 7.02. The van der Waals surface area contributed by atoms with Crippen molar-refractivity contribution >= 4 is 34.9 Å². The van der Waals surface area contributed by atoms with Gasteiger partial charge in [0.15, 0.2) is 11.1 Å². The van der Waals surface area contributed by atoms with Crippen LogP contribution in [-0.4, -0.2) is 28.6 Å². The lowest BCUT2D eigenvalue weighted by Gasteiger charge is -2.10. The van der Waals surface area contributed by atoms with Crippen molar-refractivity contribution in [2.24, 2.45) is 10.7 Å². The maximum Gasteiger partial charge on any atom is 0.195 e. The minimum atomic E-state index is 0.371. The molecule has 4 N–H and O–H groups in total. The molecule has 0 radical (unpaired) electrons. The molecule has 0 unspecified atom stereocenters. The first kappa shape index (κ1) is 14.0. The molecule has 7 heteroatoms. The summed E-state index contributed by atoms with van der Waals surface area (Å²) in [6.45, 7) is 0.638. The maximum atomic E-state index is 6.01. The molecule has 2 rings (SSSR count). The monoisotopic (exact) mass is 297 g/mol. The summed E-state index contributed by atoms with van der Waals surface area (Å²) < 4.78 is 0. The predicted octanol–water partition coefficient (Wildman–Crippen LogP) is 1.22. The number of aromatic nitrogens is 1. The number of nitrogens with zero attached hydrogens (tertiary/aromatic N) is 2. The fraction of sp³-hybridized carbons (Fsp3) is 0.417. The van der Waals surface area contributed by atoms with Gasteiger partial charge in [0, 0.05) is 19.2 Å². The Morgan fingerprint density at radius 2 is 2.37 bits per heavy atom. The highest BCUT2D eigenvalue weighted by Gasteiger charge is 2.20. The van der Waals surface area contributed by atoms with E-state index in [4.69, 9.17) is 29.6 Å². The van der Waals surface area contributed by atoms with Crippen LogP contribution >= 0.6 is 23.8 Å². The van der Waals surface area contributed by atoms with Gasteiger partial charge in [0.25, 0.3) is 0 Å². The highest BCUT2D eigenvalue weighted by Crippen LogP contribution is 2.22. The van der Waals surface area contributed by atoms with E-state index in [-0.39, 0.29) is 0 Å². The summed E-state index contributed by atoms with van der Waals surface area (Å²) in [4.78, 5) is 8.43. The van der Waals surface area contributed by atoms with Crippen LogP contribution in [0, 0.1) is 0 Å². The summed E-state index contributed by atoms with van der Waals surface area (Å²) in [5.41, 5.74) is 6.55. The van der Waals surface area contributed by atoms with Crippen LogP contribution in [0.2, 0.25) is 5.02 Å². The molecule has 1 saturated carbocycles. The first-order valence-electron chi connectivity index (χ1n) is 6.12. The number of pyridine rings is 1. The van der Waals surface area contributed by atoms with E-state index < -0.39 is 0 Å². The summed E-state index contributed by atoms with van der Waals surface area (Å²) in [6, 6.07) is 4.00. The minimum absolute atomic E-state index is 0.371. The fourth-order valence-electron chi connectivity index (χ4n) is 1.49. The molecule has 1 aromatic heterocycles. The molecule has 0 saturated heterocycles. The van der Waals surface area contributed by atoms with Gasteiger partial charge in [0.1, 0.15) is 0 Å². The second-order valence-electron chi connectivity index (χ2n) is 4.31. The van der Waals surface area contributed by atoms with Gasteiger partial charge in [-0.2, -0.15) is 0 Å². The lowest BCUT2D eigenvalue weighted by atomic mass is 10.3. The van der Waals surface area contributed by atoms with Crippen LogP contribution in [0.15, 0.2) is 23.3 Å². The molecule has 102 valence electrons. The number of hydrogen-bond acceptors (Lipinski definition) is 3. The van der Waals surface area contributed by atoms with Gasteiger partial charge in [-0.05, 0) is 37.2 Å². The van der Waals surface area contributed by atoms with Crippen LogP contribution < -0.4 is 16.4 Å². The Morgan fingerprint density at radius 1 is 1.58 bits per heavy atom. The molecular formula is C12H16ClN5S. The molecule has 1 aromatic rings. The second-order valence-corrected chi connectivity index (χ2v) is 5.12. The number of thiocarbonyl (C=S) groups is 1. The number of halogens is 1. The Kier molecular flexibility index (Phi) is 4.93. The van der Waals surface area contributed by atoms with E-state index in [2.05, 4.69) is 20.6 Å². The third-order valence-electron chi connectivity index (χ3n) is 2.59. The molecule has 0 spiro atoms. The van der Waals surface area contributed by atoms with Crippen molar-refractivity contribution in [1.29, 1.82) is 0 Å². The number of hydrogen-bond donors (Lipinski definition) is 3. The predicted molar refractivity (Wildman–Crippen MR) is 81.3 cm³/mol. The number of guanidine groups is 1. The first-order valence-corrected chi connectivity index (χ1v) is 6.91. The SMILES string of the molecule is NC(=NC1CC1)NC(=S)NCCc1ncccc1Cl. The Bertz CT molecular complexity index is 487. The zero-order valence-corrected chi connectivity index (χ0v) is 12.0. The number of nitrogens with two attached hydrogens (primary N) is 1. The van der Waals surface area contributed by atoms with Gasteiger partial charge < -0.3 is 16.4 Å². The molecule has 1 heterocycles. The lowest BCUT2D eigenvalue weighted by Crippen LogP contribution is -2.44. The van der Waals surface area contributed by atoms with Crippen molar-refractivity contribution in [2.45, 2.75) is 25.3 Å². The van der Waals surface area contributed by atoms with E-state index in [1.165, 1.54) is 0 Å². The molecule has 0 aromatic carbocycles. The number of rotatable bonds is 4. The topological polar surface area (TPSA) is 75.3 Å². The molecule has 5 nitrogen and oxygen atoms in total. The Hall–Kier alpha value is -1.40. The Balaban J connectivity index is 1.70. The quantitative estimate of drug-likeness (QED) is 0.443. The van der Waals surface area contributed by atoms with Crippen molar-refractivity contribution in [3.63, 3.8) is 0 Å². The molecule has 0 bridgehead atoms. The van der Waals surface area contributed by atoms with Crippen LogP contribution in [0.4, 0.5) is 0 Å². The molecule has 1 aliphatic carbocycles. The van der Waals surface area contributed by atoms with Crippen molar-refractivity contribution in [1.82, 2.24) is 15.6 Å². The van der Waals surface area contributed by atoms with Gasteiger partial charge in [-0.1, -0.05) is 11.6 Å². The summed E-state index contributed by atoms with van der Waals surface area (Å²) in [6.07, 6.45) is 4.64. The largest absolute Gasteiger partial charge is 0.370 e. The van der Waals surface area contributed by atoms with Gasteiger partial charge in [-0.3, -0.25) is 4.98 Å². The third-order valence-corrected chi connectivity index (χ3v) is 3.18. The second kappa shape index (κ2) is 6.68. The average Bonchev–Trinajstić information content (AvgIpc) is 3.15. The smallest absolute Gasteiger partial charge is 0.195 e. The number of aliphatic imine (C=N–C) groups is 1. The Morgan fingerprint density at radius 3 is 3.05 bits per heavy atom. The van der Waals surface area contributed by atoms with Crippen molar-refractivity contribution in [3.05, 3.63) is 29.0 Å². The molecule has 1 fully saturated rings. The van der Waals surface area contributed by atoms with Crippen molar-refractivity contribution in [2.75, 3.05) is 6.54 Å². The molecule has 0 atom stereocenters. The molecule has 0 aliphatic heterocycles. The van der Waals surface area contributed by atoms with E-state index >= 15 is 0 Å². The Labute approximate surface area is 122 Å². The van der Waals surface area contributed by atoms with Gasteiger partial charge in [0.05, 0.1) is 16.8 Å². The highest BCUT2D eigenvalue weighted by atomic mass is 35.5. The maximum absolute atomic E-state index is 6.01. The molecule has 1 aliphatic rings. The van der Waals surface area contributed by atoms with E-state index in [0.29, 0.717) is 35.1 Å². The zero-order chi connectivity index (χ0) is 13.7. The normalized spacial score (nSPS) is 15.1. The van der Waals surface area contributed by atoms with Crippen molar-refractivity contribution in [3.8, 4) is 0 Å². The summed E-state index contributed by atoms with van der Waals surface area (Å²) in [5.74, 6) is 0.371. The summed E-state index contributed by atoms with van der Waals surface area (Å²) >= 11 is 11.1. The van der Waals surface area contributed by atoms with E-state index in [1.807, 2.05) is 6.07 Å². The van der Waals surface area contributed by atoms with Crippen LogP contribution in [0.25, 0.3) is 0 Å². The van der Waals surface area contributed by atoms with E-state index in [1.54, 1.807) is 12.3 Å².